The fraction of sp³-hybridized carbons (Fsp3) is 0.356. The van der Waals surface area contributed by atoms with E-state index in [-0.39, 0.29) is 107 Å². The summed E-state index contributed by atoms with van der Waals surface area (Å²) in [6.07, 6.45) is 7.62. The molecule has 0 amide bonds. The van der Waals surface area contributed by atoms with E-state index in [2.05, 4.69) is 77.9 Å². The lowest BCUT2D eigenvalue weighted by molar-refractivity contribution is -0.0608. The van der Waals surface area contributed by atoms with Crippen molar-refractivity contribution in [2.75, 3.05) is 14.2 Å². The second-order valence-corrected chi connectivity index (χ2v) is 32.1. The molecule has 552 valence electrons. The summed E-state index contributed by atoms with van der Waals surface area (Å²) in [5.74, 6) is -5.23. The SMILES string of the molecule is CO[C@@H]1c2c(c(O)c3c(OCc4ccccc4)cc(C)c4c3c2C[C@]42C(C)=CCCC2(C)C)C(=O)[C@]2(O)C(=O)c3c(OCc4ccccc4)noc3C[C@H]12.CO[C@H]1c2c(c(O)c3c(OCc4ccccc4)cc(C)c4c3c2C[C@]42C(C)=CCCC2(C)C)C(=O)[C@]2(O)C(=O)c3c(OCc4ccccc4)noc3C[C@H]12. The number of rotatable bonds is 14. The van der Waals surface area contributed by atoms with Gasteiger partial charge in [0.25, 0.3) is 11.8 Å². The van der Waals surface area contributed by atoms with Crippen LogP contribution >= 0.6 is 0 Å². The van der Waals surface area contributed by atoms with Crippen LogP contribution in [0.1, 0.15) is 199 Å². The first-order valence-electron chi connectivity index (χ1n) is 37.3. The van der Waals surface area contributed by atoms with E-state index in [4.69, 9.17) is 37.5 Å². The second kappa shape index (κ2) is 25.6. The Hall–Kier alpha value is -10.5. The number of phenols is 2. The Morgan fingerprint density at radius 1 is 0.454 bits per heavy atom. The first-order chi connectivity index (χ1) is 51.9. The Labute approximate surface area is 625 Å². The molecule has 18 nitrogen and oxygen atoms in total. The van der Waals surface area contributed by atoms with Crippen molar-refractivity contribution in [1.82, 2.24) is 10.3 Å². The number of ketones is 4. The summed E-state index contributed by atoms with van der Waals surface area (Å²) in [5.41, 5.74) is 6.22. The molecule has 4 N–H and O–H groups in total. The molecule has 0 bridgehead atoms. The van der Waals surface area contributed by atoms with Crippen LogP contribution in [-0.4, -0.2) is 79.3 Å². The van der Waals surface area contributed by atoms with Gasteiger partial charge in [-0.2, -0.15) is 0 Å². The highest BCUT2D eigenvalue weighted by atomic mass is 16.5. The minimum atomic E-state index is -2.59. The molecule has 10 aromatic rings. The summed E-state index contributed by atoms with van der Waals surface area (Å²) in [6, 6.07) is 42.2. The molecule has 8 aliphatic rings. The summed E-state index contributed by atoms with van der Waals surface area (Å²) < 4.78 is 48.8. The van der Waals surface area contributed by atoms with Crippen LogP contribution in [0.3, 0.4) is 0 Å². The van der Waals surface area contributed by atoms with Crippen molar-refractivity contribution in [3.8, 4) is 34.8 Å². The normalized spacial score (nSPS) is 25.0. The number of hydrogen-bond donors (Lipinski definition) is 4. The van der Waals surface area contributed by atoms with Crippen LogP contribution < -0.4 is 18.9 Å². The predicted octanol–water partition coefficient (Wildman–Crippen LogP) is 16.5. The average molecular weight is 1450 g/mol. The number of hydrogen-bond acceptors (Lipinski definition) is 18. The third-order valence-electron chi connectivity index (χ3n) is 25.9. The number of aryl methyl sites for hydroxylation is 2. The Bertz CT molecular complexity index is 5160. The number of ether oxygens (including phenoxy) is 6. The molecule has 2 heterocycles. The number of phenolic OH excluding ortho intramolecular Hbond substituents is 2. The van der Waals surface area contributed by atoms with Crippen LogP contribution in [0.15, 0.2) is 166 Å². The second-order valence-electron chi connectivity index (χ2n) is 32.1. The van der Waals surface area contributed by atoms with E-state index < -0.39 is 69.2 Å². The Morgan fingerprint density at radius 3 is 1.10 bits per heavy atom. The van der Waals surface area contributed by atoms with E-state index in [0.29, 0.717) is 46.2 Å². The van der Waals surface area contributed by atoms with Gasteiger partial charge >= 0.3 is 0 Å². The summed E-state index contributed by atoms with van der Waals surface area (Å²) in [6.45, 7) is 18.4. The zero-order valence-corrected chi connectivity index (χ0v) is 62.2. The number of fused-ring (bicyclic) bond motifs is 10. The predicted molar refractivity (Wildman–Crippen MR) is 402 cm³/mol. The Kier molecular flexibility index (Phi) is 16.7. The van der Waals surface area contributed by atoms with Crippen LogP contribution in [0.2, 0.25) is 0 Å². The smallest absolute Gasteiger partial charge is 0.265 e. The number of aromatic hydroxyl groups is 2. The van der Waals surface area contributed by atoms with E-state index in [1.807, 2.05) is 133 Å². The van der Waals surface area contributed by atoms with Gasteiger partial charge in [0.15, 0.2) is 22.7 Å². The van der Waals surface area contributed by atoms with Gasteiger partial charge in [0.1, 0.15) is 60.6 Å². The van der Waals surface area contributed by atoms with Gasteiger partial charge in [0.2, 0.25) is 23.1 Å². The zero-order chi connectivity index (χ0) is 75.5. The van der Waals surface area contributed by atoms with Crippen molar-refractivity contribution in [3.05, 3.63) is 257 Å². The highest BCUT2D eigenvalue weighted by Gasteiger charge is 2.68. The summed E-state index contributed by atoms with van der Waals surface area (Å²) in [5, 5.41) is 61.0. The van der Waals surface area contributed by atoms with Gasteiger partial charge in [-0.1, -0.05) is 172 Å². The molecule has 8 aromatic carbocycles. The molecule has 0 saturated heterocycles. The molecule has 2 spiro atoms. The van der Waals surface area contributed by atoms with Crippen molar-refractivity contribution >= 4 is 44.7 Å². The standard InChI is InChI=1S/2C45H43NO8/c2*1-24-19-30(52-22-26-14-8-6-9-15-26)34-32-28(21-44(37(24)32)25(2)13-12-18-43(44,3)4)33-36(38(34)47)41(49)45(50)29(39(33)51-5)20-31-35(40(45)48)42(46-54-31)53-23-27-16-10-7-11-17-27/h2*6-11,13-17,19,29,39,47,50H,12,18,20-23H2,1-5H3/t29-,39+,44+,45-;29-,39-,44+,45-/m11/s1. The maximum Gasteiger partial charge on any atom is 0.265 e. The van der Waals surface area contributed by atoms with Crippen LogP contribution in [0.25, 0.3) is 21.5 Å². The molecule has 18 heteroatoms. The molecule has 0 fully saturated rings. The monoisotopic (exact) mass is 1450 g/mol. The molecule has 0 aliphatic heterocycles. The molecule has 0 saturated carbocycles. The number of aliphatic hydroxyl groups is 2. The molecular weight excluding hydrogens is 1360 g/mol. The van der Waals surface area contributed by atoms with Gasteiger partial charge in [-0.15, -0.1) is 0 Å². The summed E-state index contributed by atoms with van der Waals surface area (Å²) >= 11 is 0. The molecule has 0 radical (unpaired) electrons. The van der Waals surface area contributed by atoms with E-state index in [1.54, 1.807) is 0 Å². The van der Waals surface area contributed by atoms with Crippen molar-refractivity contribution < 1.29 is 77.1 Å². The molecule has 2 aromatic heterocycles. The van der Waals surface area contributed by atoms with Gasteiger partial charge in [-0.25, -0.2) is 0 Å². The van der Waals surface area contributed by atoms with Crippen molar-refractivity contribution in [2.45, 2.75) is 167 Å². The highest BCUT2D eigenvalue weighted by molar-refractivity contribution is 6.29. The number of carbonyl (C=O) groups excluding carboxylic acids is 4. The number of allylic oxidation sites excluding steroid dienone is 4. The molecule has 8 atom stereocenters. The number of Topliss-reactive ketones (excluding diaryl/α,β-unsaturated/α-hetero) is 4. The fourth-order valence-electron chi connectivity index (χ4n) is 20.6. The lowest BCUT2D eigenvalue weighted by atomic mass is 9.53. The first kappa shape index (κ1) is 70.5. The topological polar surface area (TPSA) is 257 Å². The van der Waals surface area contributed by atoms with Crippen molar-refractivity contribution in [1.29, 1.82) is 0 Å². The lowest BCUT2D eigenvalue weighted by Crippen LogP contribution is -2.60. The van der Waals surface area contributed by atoms with E-state index >= 15 is 9.59 Å². The van der Waals surface area contributed by atoms with Crippen molar-refractivity contribution in [2.24, 2.45) is 22.7 Å². The maximum atomic E-state index is 15.1. The van der Waals surface area contributed by atoms with Gasteiger partial charge in [-0.3, -0.25) is 19.2 Å². The van der Waals surface area contributed by atoms with Gasteiger partial charge in [0.05, 0.1) is 34.1 Å². The van der Waals surface area contributed by atoms with Gasteiger partial charge in [0, 0.05) is 49.7 Å². The fourth-order valence-corrected chi connectivity index (χ4v) is 20.6. The third-order valence-corrected chi connectivity index (χ3v) is 25.9. The maximum absolute atomic E-state index is 15.1. The molecule has 18 rings (SSSR count). The molecular formula is C90H86N2O16. The lowest BCUT2D eigenvalue weighted by Gasteiger charge is -2.50. The highest BCUT2D eigenvalue weighted by Crippen LogP contribution is 2.68. The summed E-state index contributed by atoms with van der Waals surface area (Å²) in [4.78, 5) is 59.4. The molecule has 0 unspecified atom stereocenters. The summed E-state index contributed by atoms with van der Waals surface area (Å²) in [7, 11) is 3.03. The van der Waals surface area contributed by atoms with Crippen molar-refractivity contribution in [3.63, 3.8) is 0 Å². The molecule has 8 aliphatic carbocycles. The number of benzene rings is 8. The third kappa shape index (κ3) is 9.90. The zero-order valence-electron chi connectivity index (χ0n) is 62.2. The minimum Gasteiger partial charge on any atom is -0.506 e. The number of carbonyl (C=O) groups is 4. The van der Waals surface area contributed by atoms with Crippen LogP contribution in [0, 0.1) is 36.5 Å². The number of nitrogens with zero attached hydrogens (tertiary/aromatic N) is 2. The van der Waals surface area contributed by atoms with Crippen LogP contribution in [0.5, 0.6) is 34.8 Å². The minimum absolute atomic E-state index is 0.0110. The average Bonchev–Trinajstić information content (AvgIpc) is 1.49. The largest absolute Gasteiger partial charge is 0.506 e. The van der Waals surface area contributed by atoms with Crippen LogP contribution in [-0.2, 0) is 72.4 Å². The number of methoxy groups -OCH3 is 2. The quantitative estimate of drug-likeness (QED) is 0.0583. The van der Waals surface area contributed by atoms with E-state index in [9.17, 15) is 30.0 Å². The molecule has 108 heavy (non-hydrogen) atoms. The Morgan fingerprint density at radius 2 is 0.778 bits per heavy atom. The van der Waals surface area contributed by atoms with Crippen LogP contribution in [0.4, 0.5) is 0 Å². The van der Waals surface area contributed by atoms with Gasteiger partial charge in [-0.05, 0) is 177 Å². The Balaban J connectivity index is 0.000000158. The van der Waals surface area contributed by atoms with E-state index in [0.717, 1.165) is 92.1 Å². The van der Waals surface area contributed by atoms with Gasteiger partial charge < -0.3 is 57.9 Å². The first-order valence-corrected chi connectivity index (χ1v) is 37.3. The van der Waals surface area contributed by atoms with E-state index in [1.165, 1.54) is 25.4 Å². The number of aromatic nitrogens is 2.